The van der Waals surface area contributed by atoms with Gasteiger partial charge in [-0.05, 0) is 73.4 Å². The van der Waals surface area contributed by atoms with E-state index >= 15 is 0 Å². The highest BCUT2D eigenvalue weighted by Gasteiger charge is 2.27. The second-order valence-corrected chi connectivity index (χ2v) is 8.72. The third kappa shape index (κ3) is 5.25. The van der Waals surface area contributed by atoms with Crippen molar-refractivity contribution in [2.75, 3.05) is 13.1 Å². The van der Waals surface area contributed by atoms with Crippen LogP contribution in [0.1, 0.15) is 45.7 Å². The van der Waals surface area contributed by atoms with Gasteiger partial charge < -0.3 is 20.5 Å². The molecule has 3 atom stereocenters. The molecule has 2 heterocycles. The number of nitrogens with one attached hydrogen (secondary N) is 2. The first kappa shape index (κ1) is 23.4. The van der Waals surface area contributed by atoms with E-state index in [0.717, 1.165) is 16.8 Å². The molecular weight excluding hydrogens is 428 g/mol. The van der Waals surface area contributed by atoms with Crippen molar-refractivity contribution in [3.63, 3.8) is 0 Å². The summed E-state index contributed by atoms with van der Waals surface area (Å²) in [6.07, 6.45) is 0.701. The van der Waals surface area contributed by atoms with Crippen LogP contribution in [0.4, 0.5) is 0 Å². The Kier molecular flexibility index (Phi) is 6.92. The number of rotatable bonds is 6. The second kappa shape index (κ2) is 10.0. The number of aliphatic hydroxyl groups is 1. The van der Waals surface area contributed by atoms with Gasteiger partial charge in [0.1, 0.15) is 18.0 Å². The lowest BCUT2D eigenvalue weighted by Gasteiger charge is -2.19. The monoisotopic (exact) mass is 456 g/mol. The molecule has 7 heteroatoms. The first-order chi connectivity index (χ1) is 16.3. The number of β-amino-alcohol motifs (C(OH)–C–C–N with tert-alkyl or cyclic N) is 1. The van der Waals surface area contributed by atoms with Crippen LogP contribution in [-0.2, 0) is 0 Å². The molecule has 2 unspecified atom stereocenters. The van der Waals surface area contributed by atoms with Crippen molar-refractivity contribution >= 4 is 5.91 Å². The zero-order valence-corrected chi connectivity index (χ0v) is 19.5. The summed E-state index contributed by atoms with van der Waals surface area (Å²) in [6.45, 7) is 6.71. The molecule has 1 aromatic heterocycles. The zero-order valence-electron chi connectivity index (χ0n) is 19.5. The summed E-state index contributed by atoms with van der Waals surface area (Å²) in [5, 5.41) is 26.0. The molecule has 0 saturated carbocycles. The molecule has 0 bridgehead atoms. The van der Waals surface area contributed by atoms with Crippen molar-refractivity contribution in [1.29, 1.82) is 5.26 Å². The molecule has 1 fully saturated rings. The Morgan fingerprint density at radius 2 is 2.03 bits per heavy atom. The molecule has 0 radical (unpaired) electrons. The molecule has 4 rings (SSSR count). The Labute approximate surface area is 199 Å². The Hall–Kier alpha value is -3.73. The fraction of sp³-hybridized carbons (Fsp3) is 0.296. The maximum atomic E-state index is 13.2. The molecule has 1 saturated heterocycles. The van der Waals surface area contributed by atoms with Crippen LogP contribution in [-0.4, -0.2) is 41.3 Å². The number of nitrogens with zero attached hydrogens (tertiary/aromatic N) is 2. The number of ether oxygens (including phenoxy) is 1. The van der Waals surface area contributed by atoms with Gasteiger partial charge >= 0.3 is 0 Å². The molecular formula is C27H28N4O3. The lowest BCUT2D eigenvalue weighted by Crippen LogP contribution is -2.30. The van der Waals surface area contributed by atoms with Crippen LogP contribution in [0.15, 0.2) is 54.7 Å². The smallest absolute Gasteiger partial charge is 0.251 e. The highest BCUT2D eigenvalue weighted by molar-refractivity contribution is 5.96. The standard InChI is InChI=1S/C27H28N4O3/c1-16-4-7-24(22(8-16)12-28)20-9-21(11-23(10-20)34-26-15-29-14-25(26)32)27(33)31-18(3)19-6-5-17(2)30-13-19/h4-11,13,18,25-26,29,32H,14-15H2,1-3H3,(H,31,33)/t18-,25?,26?/m0/s1. The first-order valence-electron chi connectivity index (χ1n) is 11.3. The van der Waals surface area contributed by atoms with E-state index in [9.17, 15) is 15.2 Å². The van der Waals surface area contributed by atoms with E-state index in [1.165, 1.54) is 0 Å². The SMILES string of the molecule is Cc1ccc(-c2cc(OC3CNCC3O)cc(C(=O)N[C@@H](C)c3ccc(C)nc3)c2)c(C#N)c1. The van der Waals surface area contributed by atoms with Gasteiger partial charge in [-0.15, -0.1) is 0 Å². The molecule has 0 spiro atoms. The molecule has 174 valence electrons. The van der Waals surface area contributed by atoms with Crippen molar-refractivity contribution in [2.45, 2.75) is 39.0 Å². The van der Waals surface area contributed by atoms with Crippen molar-refractivity contribution < 1.29 is 14.6 Å². The van der Waals surface area contributed by atoms with Gasteiger partial charge in [0.2, 0.25) is 0 Å². The Bertz CT molecular complexity index is 1230. The minimum Gasteiger partial charge on any atom is -0.486 e. The number of hydrogen-bond acceptors (Lipinski definition) is 6. The van der Waals surface area contributed by atoms with Gasteiger partial charge in [-0.1, -0.05) is 18.2 Å². The van der Waals surface area contributed by atoms with Gasteiger partial charge in [-0.25, -0.2) is 0 Å². The normalized spacial score (nSPS) is 18.2. The van der Waals surface area contributed by atoms with E-state index in [4.69, 9.17) is 4.74 Å². The van der Waals surface area contributed by atoms with E-state index in [2.05, 4.69) is 21.7 Å². The van der Waals surface area contributed by atoms with Crippen molar-refractivity contribution in [1.82, 2.24) is 15.6 Å². The third-order valence-corrected chi connectivity index (χ3v) is 5.97. The number of carbonyl (C=O) groups is 1. The fourth-order valence-electron chi connectivity index (χ4n) is 3.99. The largest absolute Gasteiger partial charge is 0.486 e. The molecule has 2 aromatic carbocycles. The van der Waals surface area contributed by atoms with Gasteiger partial charge in [-0.3, -0.25) is 9.78 Å². The number of amides is 1. The molecule has 1 aliphatic heterocycles. The molecule has 0 aliphatic carbocycles. The van der Waals surface area contributed by atoms with Crippen LogP contribution in [0.3, 0.4) is 0 Å². The number of hydrogen-bond donors (Lipinski definition) is 3. The number of benzene rings is 2. The maximum Gasteiger partial charge on any atom is 0.251 e. The maximum absolute atomic E-state index is 13.2. The number of pyridine rings is 1. The minimum atomic E-state index is -0.635. The molecule has 7 nitrogen and oxygen atoms in total. The van der Waals surface area contributed by atoms with Gasteiger partial charge in [0.25, 0.3) is 5.91 Å². The van der Waals surface area contributed by atoms with Gasteiger partial charge in [-0.2, -0.15) is 5.26 Å². The van der Waals surface area contributed by atoms with E-state index in [-0.39, 0.29) is 11.9 Å². The number of aryl methyl sites for hydroxylation is 2. The first-order valence-corrected chi connectivity index (χ1v) is 11.3. The van der Waals surface area contributed by atoms with E-state index in [1.807, 2.05) is 51.1 Å². The lowest BCUT2D eigenvalue weighted by atomic mass is 9.96. The van der Waals surface area contributed by atoms with Crippen LogP contribution >= 0.6 is 0 Å². The molecule has 3 N–H and O–H groups in total. The summed E-state index contributed by atoms with van der Waals surface area (Å²) in [7, 11) is 0. The Morgan fingerprint density at radius 1 is 1.21 bits per heavy atom. The van der Waals surface area contributed by atoms with Crippen molar-refractivity contribution in [3.8, 4) is 22.9 Å². The number of aliphatic hydroxyl groups excluding tert-OH is 1. The van der Waals surface area contributed by atoms with Crippen molar-refractivity contribution in [3.05, 3.63) is 82.7 Å². The second-order valence-electron chi connectivity index (χ2n) is 8.72. The zero-order chi connectivity index (χ0) is 24.2. The predicted octanol–water partition coefficient (Wildman–Crippen LogP) is 3.44. The topological polar surface area (TPSA) is 107 Å². The highest BCUT2D eigenvalue weighted by Crippen LogP contribution is 2.30. The molecule has 1 aliphatic rings. The third-order valence-electron chi connectivity index (χ3n) is 5.97. The number of nitriles is 1. The van der Waals surface area contributed by atoms with Crippen molar-refractivity contribution in [2.24, 2.45) is 0 Å². The number of carbonyl (C=O) groups excluding carboxylic acids is 1. The summed E-state index contributed by atoms with van der Waals surface area (Å²) < 4.78 is 6.06. The molecule has 34 heavy (non-hydrogen) atoms. The number of aromatic nitrogens is 1. The summed E-state index contributed by atoms with van der Waals surface area (Å²) in [5.74, 6) is 0.194. The van der Waals surface area contributed by atoms with Gasteiger partial charge in [0.15, 0.2) is 0 Å². The molecule has 1 amide bonds. The minimum absolute atomic E-state index is 0.247. The summed E-state index contributed by atoms with van der Waals surface area (Å²) in [6, 6.07) is 16.7. The van der Waals surface area contributed by atoms with Crippen LogP contribution < -0.4 is 15.4 Å². The lowest BCUT2D eigenvalue weighted by molar-refractivity contribution is 0.0736. The summed E-state index contributed by atoms with van der Waals surface area (Å²) >= 11 is 0. The summed E-state index contributed by atoms with van der Waals surface area (Å²) in [4.78, 5) is 17.5. The van der Waals surface area contributed by atoms with Crippen LogP contribution in [0.25, 0.3) is 11.1 Å². The Balaban J connectivity index is 1.68. The Morgan fingerprint density at radius 3 is 2.71 bits per heavy atom. The summed E-state index contributed by atoms with van der Waals surface area (Å²) in [5.41, 5.74) is 5.13. The average Bonchev–Trinajstić information content (AvgIpc) is 3.23. The average molecular weight is 457 g/mol. The fourth-order valence-corrected chi connectivity index (χ4v) is 3.99. The van der Waals surface area contributed by atoms with Crippen LogP contribution in [0.5, 0.6) is 5.75 Å². The highest BCUT2D eigenvalue weighted by atomic mass is 16.5. The van der Waals surface area contributed by atoms with E-state index in [0.29, 0.717) is 41.1 Å². The molecule has 3 aromatic rings. The predicted molar refractivity (Wildman–Crippen MR) is 129 cm³/mol. The van der Waals surface area contributed by atoms with Gasteiger partial charge in [0.05, 0.1) is 17.7 Å². The van der Waals surface area contributed by atoms with Crippen LogP contribution in [0, 0.1) is 25.2 Å². The van der Waals surface area contributed by atoms with E-state index < -0.39 is 12.2 Å². The van der Waals surface area contributed by atoms with Crippen LogP contribution in [0.2, 0.25) is 0 Å². The van der Waals surface area contributed by atoms with E-state index in [1.54, 1.807) is 24.4 Å². The van der Waals surface area contributed by atoms with Gasteiger partial charge in [0, 0.05) is 30.5 Å². The quantitative estimate of drug-likeness (QED) is 0.525.